The van der Waals surface area contributed by atoms with E-state index in [4.69, 9.17) is 4.74 Å². The smallest absolute Gasteiger partial charge is 0.0700 e. The summed E-state index contributed by atoms with van der Waals surface area (Å²) in [4.78, 5) is 0. The lowest BCUT2D eigenvalue weighted by molar-refractivity contribution is 0.110. The summed E-state index contributed by atoms with van der Waals surface area (Å²) < 4.78 is 5.58. The zero-order chi connectivity index (χ0) is 11.0. The SMILES string of the molecule is CC1OCCC1NC1CCc2[nH]ncc2C1. The van der Waals surface area contributed by atoms with Gasteiger partial charge in [-0.1, -0.05) is 0 Å². The van der Waals surface area contributed by atoms with Crippen LogP contribution in [0.5, 0.6) is 0 Å². The molecular formula is C12H19N3O. The number of ether oxygens (including phenoxy) is 1. The summed E-state index contributed by atoms with van der Waals surface area (Å²) in [5.41, 5.74) is 2.71. The molecule has 0 amide bonds. The van der Waals surface area contributed by atoms with Gasteiger partial charge in [0.2, 0.25) is 0 Å². The van der Waals surface area contributed by atoms with Crippen molar-refractivity contribution in [2.45, 2.75) is 50.8 Å². The van der Waals surface area contributed by atoms with E-state index in [0.29, 0.717) is 18.2 Å². The first kappa shape index (κ1) is 10.3. The molecular weight excluding hydrogens is 202 g/mol. The summed E-state index contributed by atoms with van der Waals surface area (Å²) in [6.07, 6.45) is 6.92. The Balaban J connectivity index is 1.61. The largest absolute Gasteiger partial charge is 0.377 e. The van der Waals surface area contributed by atoms with Gasteiger partial charge in [-0.15, -0.1) is 0 Å². The Bertz CT molecular complexity index is 363. The summed E-state index contributed by atoms with van der Waals surface area (Å²) in [6.45, 7) is 3.07. The number of aryl methyl sites for hydroxylation is 1. The summed E-state index contributed by atoms with van der Waals surface area (Å²) in [5.74, 6) is 0. The van der Waals surface area contributed by atoms with Crippen LogP contribution in [-0.4, -0.2) is 35.0 Å². The molecule has 0 spiro atoms. The van der Waals surface area contributed by atoms with Gasteiger partial charge in [-0.2, -0.15) is 5.10 Å². The highest BCUT2D eigenvalue weighted by atomic mass is 16.5. The van der Waals surface area contributed by atoms with E-state index < -0.39 is 0 Å². The Hall–Kier alpha value is -0.870. The zero-order valence-electron chi connectivity index (χ0n) is 9.70. The van der Waals surface area contributed by atoms with Gasteiger partial charge in [0.1, 0.15) is 0 Å². The standard InChI is InChI=1S/C12H19N3O/c1-8-11(4-5-16-8)14-10-2-3-12-9(6-10)7-13-15-12/h7-8,10-11,14H,2-6H2,1H3,(H,13,15). The summed E-state index contributed by atoms with van der Waals surface area (Å²) >= 11 is 0. The van der Waals surface area contributed by atoms with Crippen LogP contribution in [0.4, 0.5) is 0 Å². The number of aromatic amines is 1. The van der Waals surface area contributed by atoms with E-state index in [1.807, 2.05) is 6.20 Å². The Morgan fingerprint density at radius 1 is 1.50 bits per heavy atom. The van der Waals surface area contributed by atoms with Crippen LogP contribution in [0.3, 0.4) is 0 Å². The van der Waals surface area contributed by atoms with Crippen molar-refractivity contribution in [1.29, 1.82) is 0 Å². The minimum atomic E-state index is 0.366. The molecule has 3 atom stereocenters. The van der Waals surface area contributed by atoms with Gasteiger partial charge in [0.15, 0.2) is 0 Å². The second kappa shape index (κ2) is 4.18. The van der Waals surface area contributed by atoms with Crippen LogP contribution in [0, 0.1) is 0 Å². The van der Waals surface area contributed by atoms with E-state index in [1.54, 1.807) is 0 Å². The van der Waals surface area contributed by atoms with Crippen LogP contribution >= 0.6 is 0 Å². The van der Waals surface area contributed by atoms with Crippen LogP contribution in [0.15, 0.2) is 6.20 Å². The molecule has 2 aliphatic rings. The number of nitrogens with one attached hydrogen (secondary N) is 2. The number of nitrogens with zero attached hydrogens (tertiary/aromatic N) is 1. The first-order valence-corrected chi connectivity index (χ1v) is 6.21. The third kappa shape index (κ3) is 1.87. The summed E-state index contributed by atoms with van der Waals surface area (Å²) in [5, 5.41) is 10.9. The van der Waals surface area contributed by atoms with E-state index >= 15 is 0 Å². The highest BCUT2D eigenvalue weighted by Gasteiger charge is 2.28. The molecule has 1 aliphatic heterocycles. The fourth-order valence-corrected chi connectivity index (χ4v) is 2.81. The van der Waals surface area contributed by atoms with Crippen molar-refractivity contribution in [3.63, 3.8) is 0 Å². The fourth-order valence-electron chi connectivity index (χ4n) is 2.81. The molecule has 1 saturated heterocycles. The molecule has 1 aromatic heterocycles. The second-order valence-electron chi connectivity index (χ2n) is 4.95. The molecule has 16 heavy (non-hydrogen) atoms. The molecule has 0 saturated carbocycles. The van der Waals surface area contributed by atoms with E-state index in [-0.39, 0.29) is 0 Å². The number of hydrogen-bond donors (Lipinski definition) is 2. The Kier molecular flexibility index (Phi) is 2.69. The molecule has 0 aromatic carbocycles. The molecule has 1 fully saturated rings. The molecule has 0 bridgehead atoms. The number of H-pyrrole nitrogens is 1. The maximum Gasteiger partial charge on any atom is 0.0700 e. The van der Waals surface area contributed by atoms with E-state index in [9.17, 15) is 0 Å². The molecule has 0 radical (unpaired) electrons. The van der Waals surface area contributed by atoms with Gasteiger partial charge in [-0.05, 0) is 38.2 Å². The van der Waals surface area contributed by atoms with Gasteiger partial charge in [-0.25, -0.2) is 0 Å². The van der Waals surface area contributed by atoms with Crippen molar-refractivity contribution in [2.75, 3.05) is 6.61 Å². The third-order valence-electron chi connectivity index (χ3n) is 3.84. The molecule has 3 unspecified atom stereocenters. The summed E-state index contributed by atoms with van der Waals surface area (Å²) in [7, 11) is 0. The van der Waals surface area contributed by atoms with Gasteiger partial charge < -0.3 is 10.1 Å². The molecule has 1 aromatic rings. The van der Waals surface area contributed by atoms with Crippen molar-refractivity contribution in [3.8, 4) is 0 Å². The molecule has 2 heterocycles. The normalized spacial score (nSPS) is 33.9. The number of rotatable bonds is 2. The van der Waals surface area contributed by atoms with Crippen LogP contribution in [-0.2, 0) is 17.6 Å². The number of hydrogen-bond acceptors (Lipinski definition) is 3. The van der Waals surface area contributed by atoms with Gasteiger partial charge in [0.25, 0.3) is 0 Å². The predicted octanol–water partition coefficient (Wildman–Crippen LogP) is 1.03. The average Bonchev–Trinajstić information content (AvgIpc) is 2.88. The summed E-state index contributed by atoms with van der Waals surface area (Å²) in [6, 6.07) is 1.14. The first-order valence-electron chi connectivity index (χ1n) is 6.21. The second-order valence-corrected chi connectivity index (χ2v) is 4.95. The molecule has 4 heteroatoms. The van der Waals surface area contributed by atoms with Crippen molar-refractivity contribution < 1.29 is 4.74 Å². The van der Waals surface area contributed by atoms with Crippen molar-refractivity contribution in [1.82, 2.24) is 15.5 Å². The third-order valence-corrected chi connectivity index (χ3v) is 3.84. The number of fused-ring (bicyclic) bond motifs is 1. The van der Waals surface area contributed by atoms with Gasteiger partial charge in [0.05, 0.1) is 12.3 Å². The Morgan fingerprint density at radius 2 is 2.44 bits per heavy atom. The van der Waals surface area contributed by atoms with Gasteiger partial charge in [-0.3, -0.25) is 5.10 Å². The molecule has 1 aliphatic carbocycles. The van der Waals surface area contributed by atoms with Crippen LogP contribution in [0.2, 0.25) is 0 Å². The van der Waals surface area contributed by atoms with Crippen LogP contribution < -0.4 is 5.32 Å². The van der Waals surface area contributed by atoms with Crippen molar-refractivity contribution in [3.05, 3.63) is 17.5 Å². The minimum Gasteiger partial charge on any atom is -0.377 e. The van der Waals surface area contributed by atoms with Gasteiger partial charge in [0, 0.05) is 24.4 Å². The Morgan fingerprint density at radius 3 is 3.25 bits per heavy atom. The predicted molar refractivity (Wildman–Crippen MR) is 61.4 cm³/mol. The quantitative estimate of drug-likeness (QED) is 0.784. The fraction of sp³-hybridized carbons (Fsp3) is 0.750. The lowest BCUT2D eigenvalue weighted by Gasteiger charge is -2.27. The maximum absolute atomic E-state index is 5.58. The van der Waals surface area contributed by atoms with Crippen LogP contribution in [0.25, 0.3) is 0 Å². The first-order chi connectivity index (χ1) is 7.83. The zero-order valence-corrected chi connectivity index (χ0v) is 9.70. The maximum atomic E-state index is 5.58. The van der Waals surface area contributed by atoms with Crippen molar-refractivity contribution in [2.24, 2.45) is 0 Å². The van der Waals surface area contributed by atoms with Gasteiger partial charge >= 0.3 is 0 Å². The highest BCUT2D eigenvalue weighted by molar-refractivity contribution is 5.21. The average molecular weight is 221 g/mol. The molecule has 2 N–H and O–H groups in total. The highest BCUT2D eigenvalue weighted by Crippen LogP contribution is 2.21. The lowest BCUT2D eigenvalue weighted by Crippen LogP contribution is -2.44. The topological polar surface area (TPSA) is 49.9 Å². The van der Waals surface area contributed by atoms with Crippen molar-refractivity contribution >= 4 is 0 Å². The molecule has 4 nitrogen and oxygen atoms in total. The lowest BCUT2D eigenvalue weighted by atomic mass is 9.92. The minimum absolute atomic E-state index is 0.366. The van der Waals surface area contributed by atoms with E-state index in [0.717, 1.165) is 25.9 Å². The van der Waals surface area contributed by atoms with E-state index in [1.165, 1.54) is 17.7 Å². The number of aromatic nitrogens is 2. The van der Waals surface area contributed by atoms with E-state index in [2.05, 4.69) is 22.4 Å². The monoisotopic (exact) mass is 221 g/mol. The molecule has 88 valence electrons. The van der Waals surface area contributed by atoms with Crippen LogP contribution in [0.1, 0.15) is 31.0 Å². The molecule has 3 rings (SSSR count). The Labute approximate surface area is 95.8 Å².